The van der Waals surface area contributed by atoms with Crippen LogP contribution in [0.25, 0.3) is 0 Å². The molecule has 0 N–H and O–H groups in total. The molecule has 1 atom stereocenters. The molecule has 2 heteroatoms. The fourth-order valence-electron chi connectivity index (χ4n) is 1.08. The highest BCUT2D eigenvalue weighted by atomic mass is 32.2. The summed E-state index contributed by atoms with van der Waals surface area (Å²) in [7, 11) is 0. The number of thioether (sulfide) groups is 1. The van der Waals surface area contributed by atoms with E-state index >= 15 is 0 Å². The number of hydrogen-bond acceptors (Lipinski definition) is 2. The van der Waals surface area contributed by atoms with Gasteiger partial charge in [-0.2, -0.15) is 0 Å². The second-order valence-corrected chi connectivity index (χ2v) is 5.40. The van der Waals surface area contributed by atoms with Crippen LogP contribution in [-0.4, -0.2) is 17.1 Å². The number of hydrogen-bond donors (Lipinski definition) is 0. The molecule has 0 spiro atoms. The summed E-state index contributed by atoms with van der Waals surface area (Å²) in [6, 6.07) is 8.23. The second kappa shape index (κ2) is 3.26. The summed E-state index contributed by atoms with van der Waals surface area (Å²) in [5, 5.41) is 0. The highest BCUT2D eigenvalue weighted by Crippen LogP contribution is 2.44. The van der Waals surface area contributed by atoms with Crippen LogP contribution in [0.2, 0.25) is 0 Å². The molecule has 70 valence electrons. The molecule has 1 aromatic rings. The molecule has 1 fully saturated rings. The third kappa shape index (κ3) is 2.41. The summed E-state index contributed by atoms with van der Waals surface area (Å²) in [5.74, 6) is 2.22. The molecular formula is C11H14OS. The minimum Gasteiger partial charge on any atom is -0.492 e. The van der Waals surface area contributed by atoms with Crippen molar-refractivity contribution in [1.82, 2.24) is 0 Å². The maximum absolute atomic E-state index is 5.67. The van der Waals surface area contributed by atoms with Gasteiger partial charge in [0.05, 0.1) is 4.75 Å². The first-order chi connectivity index (χ1) is 6.18. The summed E-state index contributed by atoms with van der Waals surface area (Å²) in [4.78, 5) is 0. The summed E-state index contributed by atoms with van der Waals surface area (Å²) in [5.41, 5.74) is 1.28. The van der Waals surface area contributed by atoms with Crippen LogP contribution in [0.1, 0.15) is 12.5 Å². The van der Waals surface area contributed by atoms with Gasteiger partial charge in [-0.1, -0.05) is 17.7 Å². The van der Waals surface area contributed by atoms with Gasteiger partial charge < -0.3 is 4.74 Å². The van der Waals surface area contributed by atoms with Crippen LogP contribution in [0.4, 0.5) is 0 Å². The lowest BCUT2D eigenvalue weighted by atomic mass is 10.2. The van der Waals surface area contributed by atoms with Gasteiger partial charge >= 0.3 is 0 Å². The smallest absolute Gasteiger partial charge is 0.119 e. The van der Waals surface area contributed by atoms with E-state index in [-0.39, 0.29) is 0 Å². The van der Waals surface area contributed by atoms with Gasteiger partial charge in [-0.25, -0.2) is 0 Å². The molecule has 1 heterocycles. The number of rotatable bonds is 3. The summed E-state index contributed by atoms with van der Waals surface area (Å²) in [6.45, 7) is 5.16. The Morgan fingerprint density at radius 2 is 2.00 bits per heavy atom. The maximum atomic E-state index is 5.67. The molecule has 2 rings (SSSR count). The second-order valence-electron chi connectivity index (χ2n) is 3.84. The topological polar surface area (TPSA) is 9.23 Å². The number of benzene rings is 1. The molecule has 1 unspecified atom stereocenters. The van der Waals surface area contributed by atoms with Crippen molar-refractivity contribution < 1.29 is 4.74 Å². The Labute approximate surface area is 83.5 Å². The molecular weight excluding hydrogens is 180 g/mol. The van der Waals surface area contributed by atoms with E-state index in [1.54, 1.807) is 0 Å². The van der Waals surface area contributed by atoms with E-state index < -0.39 is 0 Å². The van der Waals surface area contributed by atoms with Gasteiger partial charge in [0.25, 0.3) is 0 Å². The zero-order valence-corrected chi connectivity index (χ0v) is 8.86. The van der Waals surface area contributed by atoms with E-state index in [1.165, 1.54) is 11.3 Å². The first-order valence-corrected chi connectivity index (χ1v) is 5.50. The van der Waals surface area contributed by atoms with Crippen LogP contribution in [-0.2, 0) is 0 Å². The quantitative estimate of drug-likeness (QED) is 0.684. The van der Waals surface area contributed by atoms with Crippen molar-refractivity contribution >= 4 is 11.8 Å². The average molecular weight is 194 g/mol. The largest absolute Gasteiger partial charge is 0.492 e. The van der Waals surface area contributed by atoms with Crippen LogP contribution < -0.4 is 4.74 Å². The molecule has 0 saturated carbocycles. The molecule has 0 aliphatic carbocycles. The van der Waals surface area contributed by atoms with Crippen molar-refractivity contribution in [2.45, 2.75) is 18.6 Å². The predicted octanol–water partition coefficient (Wildman–Crippen LogP) is 2.88. The van der Waals surface area contributed by atoms with E-state index in [2.05, 4.69) is 26.0 Å². The normalized spacial score (nSPS) is 25.7. The number of aryl methyl sites for hydroxylation is 1. The summed E-state index contributed by atoms with van der Waals surface area (Å²) in [6.07, 6.45) is 0. The third-order valence-corrected chi connectivity index (χ3v) is 3.59. The van der Waals surface area contributed by atoms with Crippen LogP contribution >= 0.6 is 11.8 Å². The van der Waals surface area contributed by atoms with Gasteiger partial charge in [0.1, 0.15) is 12.4 Å². The van der Waals surface area contributed by atoms with Gasteiger partial charge in [0.2, 0.25) is 0 Å². The van der Waals surface area contributed by atoms with Crippen molar-refractivity contribution in [1.29, 1.82) is 0 Å². The Morgan fingerprint density at radius 3 is 2.54 bits per heavy atom. The lowest BCUT2D eigenvalue weighted by molar-refractivity contribution is 0.300. The standard InChI is InChI=1S/C11H14OS/c1-9-3-5-10(6-4-9)12-7-11(2)8-13-11/h3-6H,7-8H2,1-2H3. The molecule has 1 aromatic carbocycles. The lowest BCUT2D eigenvalue weighted by Gasteiger charge is -2.09. The van der Waals surface area contributed by atoms with Crippen LogP contribution in [0.15, 0.2) is 24.3 Å². The van der Waals surface area contributed by atoms with Crippen molar-refractivity contribution in [3.05, 3.63) is 29.8 Å². The fraction of sp³-hybridized carbons (Fsp3) is 0.455. The monoisotopic (exact) mass is 194 g/mol. The highest BCUT2D eigenvalue weighted by Gasteiger charge is 2.39. The molecule has 0 radical (unpaired) electrons. The molecule has 0 aromatic heterocycles. The zero-order chi connectivity index (χ0) is 9.31. The van der Waals surface area contributed by atoms with E-state index in [0.717, 1.165) is 12.4 Å². The molecule has 0 bridgehead atoms. The van der Waals surface area contributed by atoms with Gasteiger partial charge in [0, 0.05) is 5.75 Å². The Hall–Kier alpha value is -0.630. The van der Waals surface area contributed by atoms with Crippen molar-refractivity contribution in [3.8, 4) is 5.75 Å². The third-order valence-electron chi connectivity index (χ3n) is 2.20. The highest BCUT2D eigenvalue weighted by molar-refractivity contribution is 8.07. The van der Waals surface area contributed by atoms with Gasteiger partial charge in [-0.3, -0.25) is 0 Å². The van der Waals surface area contributed by atoms with Crippen molar-refractivity contribution in [3.63, 3.8) is 0 Å². The van der Waals surface area contributed by atoms with E-state index in [0.29, 0.717) is 4.75 Å². The van der Waals surface area contributed by atoms with Crippen LogP contribution in [0.5, 0.6) is 5.75 Å². The zero-order valence-electron chi connectivity index (χ0n) is 8.04. The van der Waals surface area contributed by atoms with Crippen molar-refractivity contribution in [2.75, 3.05) is 12.4 Å². The Morgan fingerprint density at radius 1 is 1.38 bits per heavy atom. The minimum absolute atomic E-state index is 0.394. The van der Waals surface area contributed by atoms with Gasteiger partial charge in [-0.05, 0) is 26.0 Å². The Bertz CT molecular complexity index is 287. The minimum atomic E-state index is 0.394. The molecule has 0 amide bonds. The average Bonchev–Trinajstić information content (AvgIpc) is 2.84. The van der Waals surface area contributed by atoms with Gasteiger partial charge in [0.15, 0.2) is 0 Å². The fourth-order valence-corrected chi connectivity index (χ4v) is 1.55. The molecule has 1 aliphatic heterocycles. The van der Waals surface area contributed by atoms with E-state index in [1.807, 2.05) is 23.9 Å². The summed E-state index contributed by atoms with van der Waals surface area (Å²) < 4.78 is 6.06. The lowest BCUT2D eigenvalue weighted by Crippen LogP contribution is -2.15. The molecule has 13 heavy (non-hydrogen) atoms. The number of ether oxygens (including phenoxy) is 1. The Balaban J connectivity index is 1.91. The van der Waals surface area contributed by atoms with Gasteiger partial charge in [-0.15, -0.1) is 11.8 Å². The Kier molecular flexibility index (Phi) is 2.24. The molecule has 1 aliphatic rings. The maximum Gasteiger partial charge on any atom is 0.119 e. The molecule has 1 saturated heterocycles. The molecule has 1 nitrogen and oxygen atoms in total. The van der Waals surface area contributed by atoms with E-state index in [4.69, 9.17) is 4.74 Å². The first-order valence-electron chi connectivity index (χ1n) is 4.51. The SMILES string of the molecule is Cc1ccc(OCC2(C)CS2)cc1. The summed E-state index contributed by atoms with van der Waals surface area (Å²) >= 11 is 1.97. The first kappa shape index (κ1) is 8.95. The van der Waals surface area contributed by atoms with Crippen LogP contribution in [0, 0.1) is 6.92 Å². The van der Waals surface area contributed by atoms with Crippen LogP contribution in [0.3, 0.4) is 0 Å². The predicted molar refractivity (Wildman–Crippen MR) is 57.5 cm³/mol. The van der Waals surface area contributed by atoms with Crippen molar-refractivity contribution in [2.24, 2.45) is 0 Å². The van der Waals surface area contributed by atoms with E-state index in [9.17, 15) is 0 Å².